The number of amides is 2. The van der Waals surface area contributed by atoms with Gasteiger partial charge < -0.3 is 28.2 Å². The lowest BCUT2D eigenvalue weighted by Gasteiger charge is -2.41. The van der Waals surface area contributed by atoms with Crippen LogP contribution in [-0.2, 0) is 9.47 Å². The molecule has 0 aromatic heterocycles. The van der Waals surface area contributed by atoms with E-state index in [1.54, 1.807) is 28.2 Å². The largest absolute Gasteiger partial charge is 0.440 e. The second kappa shape index (κ2) is 15.0. The number of ether oxygens (including phenoxy) is 2. The molecule has 0 aromatic carbocycles. The summed E-state index contributed by atoms with van der Waals surface area (Å²) in [6.07, 6.45) is 14.4. The van der Waals surface area contributed by atoms with E-state index in [0.29, 0.717) is 0 Å². The SMILES string of the molecule is CN(C)C(=O)OC1CCC[N+](C)(CCCCCCCCCC[N+]2(C)CCCC(OC(=O)N(C)C)C2)C1. The van der Waals surface area contributed by atoms with Crippen molar-refractivity contribution in [3.8, 4) is 0 Å². The molecule has 2 saturated heterocycles. The Morgan fingerprint density at radius 1 is 0.639 bits per heavy atom. The van der Waals surface area contributed by atoms with Crippen molar-refractivity contribution >= 4 is 12.2 Å². The van der Waals surface area contributed by atoms with Gasteiger partial charge in [0, 0.05) is 41.0 Å². The average molecular weight is 513 g/mol. The molecule has 2 fully saturated rings. The zero-order valence-electron chi connectivity index (χ0n) is 24.3. The van der Waals surface area contributed by atoms with E-state index in [4.69, 9.17) is 9.47 Å². The molecule has 4 unspecified atom stereocenters. The summed E-state index contributed by atoms with van der Waals surface area (Å²) in [6, 6.07) is 0. The number of rotatable bonds is 13. The zero-order valence-corrected chi connectivity index (χ0v) is 24.3. The molecule has 8 heteroatoms. The number of piperidine rings is 2. The molecule has 2 amide bonds. The van der Waals surface area contributed by atoms with Crippen molar-refractivity contribution in [3.63, 3.8) is 0 Å². The van der Waals surface area contributed by atoms with E-state index in [9.17, 15) is 9.59 Å². The first kappa shape index (κ1) is 30.7. The maximum absolute atomic E-state index is 11.9. The summed E-state index contributed by atoms with van der Waals surface area (Å²) in [5, 5.41) is 0. The molecule has 8 nitrogen and oxygen atoms in total. The minimum absolute atomic E-state index is 0.0621. The Balaban J connectivity index is 1.50. The smallest absolute Gasteiger partial charge is 0.409 e. The highest BCUT2D eigenvalue weighted by Crippen LogP contribution is 2.23. The molecule has 0 spiro atoms. The normalized spacial score (nSPS) is 28.4. The molecule has 0 aliphatic carbocycles. The van der Waals surface area contributed by atoms with Crippen molar-refractivity contribution in [1.29, 1.82) is 0 Å². The molecule has 210 valence electrons. The van der Waals surface area contributed by atoms with Gasteiger partial charge in [-0.3, -0.25) is 0 Å². The fourth-order valence-corrected chi connectivity index (χ4v) is 5.89. The third-order valence-electron chi connectivity index (χ3n) is 8.15. The van der Waals surface area contributed by atoms with Crippen LogP contribution in [-0.4, -0.2) is 125 Å². The Kier molecular flexibility index (Phi) is 12.8. The number of carbonyl (C=O) groups excluding carboxylic acids is 2. The van der Waals surface area contributed by atoms with Crippen LogP contribution in [0, 0.1) is 0 Å². The van der Waals surface area contributed by atoms with Crippen LogP contribution in [0.2, 0.25) is 0 Å². The van der Waals surface area contributed by atoms with Crippen molar-refractivity contribution in [3.05, 3.63) is 0 Å². The van der Waals surface area contributed by atoms with Gasteiger partial charge >= 0.3 is 12.2 Å². The lowest BCUT2D eigenvalue weighted by Crippen LogP contribution is -2.54. The highest BCUT2D eigenvalue weighted by atomic mass is 16.6. The van der Waals surface area contributed by atoms with Crippen LogP contribution < -0.4 is 0 Å². The summed E-state index contributed by atoms with van der Waals surface area (Å²) in [5.41, 5.74) is 0. The van der Waals surface area contributed by atoms with E-state index < -0.39 is 0 Å². The van der Waals surface area contributed by atoms with Crippen LogP contribution in [0.5, 0.6) is 0 Å². The highest BCUT2D eigenvalue weighted by molar-refractivity contribution is 5.67. The van der Waals surface area contributed by atoms with Crippen LogP contribution in [0.15, 0.2) is 0 Å². The average Bonchev–Trinajstić information content (AvgIpc) is 2.80. The van der Waals surface area contributed by atoms with Crippen LogP contribution >= 0.6 is 0 Å². The van der Waals surface area contributed by atoms with Crippen LogP contribution in [0.4, 0.5) is 9.59 Å². The number of likely N-dealkylation sites (N-methyl/N-ethyl adjacent to an activating group) is 2. The summed E-state index contributed by atoms with van der Waals surface area (Å²) in [7, 11) is 11.6. The van der Waals surface area contributed by atoms with Gasteiger partial charge in [-0.1, -0.05) is 25.7 Å². The van der Waals surface area contributed by atoms with Crippen molar-refractivity contribution in [2.24, 2.45) is 0 Å². The zero-order chi connectivity index (χ0) is 26.6. The number of hydrogen-bond donors (Lipinski definition) is 0. The van der Waals surface area contributed by atoms with Crippen molar-refractivity contribution in [2.45, 2.75) is 89.3 Å². The monoisotopic (exact) mass is 512 g/mol. The Bertz CT molecular complexity index is 618. The van der Waals surface area contributed by atoms with E-state index in [2.05, 4.69) is 14.1 Å². The minimum Gasteiger partial charge on any atom is -0.440 e. The standard InChI is InChI=1S/C28H56N4O4/c1-29(2)27(33)35-25-17-15-21-31(5,23-25)19-13-11-9-7-8-10-12-14-20-32(6)22-16-18-26(24-32)36-28(34)30(3)4/h25-26H,7-24H2,1-6H3/q+2. The molecular weight excluding hydrogens is 456 g/mol. The molecule has 36 heavy (non-hydrogen) atoms. The lowest BCUT2D eigenvalue weighted by atomic mass is 10.0. The summed E-state index contributed by atoms with van der Waals surface area (Å²) in [5.74, 6) is 0. The van der Waals surface area contributed by atoms with Crippen LogP contribution in [0.1, 0.15) is 77.0 Å². The third kappa shape index (κ3) is 11.2. The number of hydrogen-bond acceptors (Lipinski definition) is 4. The van der Waals surface area contributed by atoms with Gasteiger partial charge in [-0.25, -0.2) is 9.59 Å². The summed E-state index contributed by atoms with van der Waals surface area (Å²) in [4.78, 5) is 26.8. The fourth-order valence-electron chi connectivity index (χ4n) is 5.89. The second-order valence-corrected chi connectivity index (χ2v) is 12.4. The van der Waals surface area contributed by atoms with Gasteiger partial charge in [-0.05, 0) is 38.5 Å². The molecule has 2 heterocycles. The maximum atomic E-state index is 11.9. The first-order valence-electron chi connectivity index (χ1n) is 14.4. The van der Waals surface area contributed by atoms with Gasteiger partial charge in [0.2, 0.25) is 0 Å². The molecule has 0 aromatic rings. The molecule has 2 aliphatic rings. The van der Waals surface area contributed by atoms with Crippen molar-refractivity contribution in [1.82, 2.24) is 9.80 Å². The van der Waals surface area contributed by atoms with Crippen LogP contribution in [0.3, 0.4) is 0 Å². The van der Waals surface area contributed by atoms with Gasteiger partial charge in [-0.2, -0.15) is 0 Å². The number of carbonyl (C=O) groups is 2. The summed E-state index contributed by atoms with van der Waals surface area (Å²) in [6.45, 7) is 6.69. The van der Waals surface area contributed by atoms with Crippen molar-refractivity contribution in [2.75, 3.05) is 81.6 Å². The van der Waals surface area contributed by atoms with Gasteiger partial charge in [0.1, 0.15) is 13.1 Å². The van der Waals surface area contributed by atoms with Gasteiger partial charge in [0.05, 0.1) is 40.3 Å². The van der Waals surface area contributed by atoms with Crippen LogP contribution in [0.25, 0.3) is 0 Å². The highest BCUT2D eigenvalue weighted by Gasteiger charge is 2.34. The molecule has 2 rings (SSSR count). The number of quaternary nitrogens is 2. The number of likely N-dealkylation sites (tertiary alicyclic amines) is 2. The van der Waals surface area contributed by atoms with Gasteiger partial charge in [0.15, 0.2) is 12.2 Å². The topological polar surface area (TPSA) is 59.1 Å². The van der Waals surface area contributed by atoms with E-state index in [-0.39, 0.29) is 24.4 Å². The van der Waals surface area contributed by atoms with E-state index >= 15 is 0 Å². The van der Waals surface area contributed by atoms with E-state index in [1.165, 1.54) is 87.3 Å². The molecule has 0 bridgehead atoms. The Morgan fingerprint density at radius 3 is 1.31 bits per heavy atom. The first-order chi connectivity index (χ1) is 17.0. The molecule has 0 N–H and O–H groups in total. The molecular formula is C28H56N4O4+2. The molecule has 4 atom stereocenters. The van der Waals surface area contributed by atoms with Gasteiger partial charge in [0.25, 0.3) is 0 Å². The number of nitrogens with zero attached hydrogens (tertiary/aromatic N) is 4. The fraction of sp³-hybridized carbons (Fsp3) is 0.929. The molecule has 0 radical (unpaired) electrons. The Hall–Kier alpha value is -1.54. The number of unbranched alkanes of at least 4 members (excludes halogenated alkanes) is 7. The Labute approximate surface area is 221 Å². The van der Waals surface area contributed by atoms with E-state index in [0.717, 1.165) is 47.7 Å². The predicted octanol–water partition coefficient (Wildman–Crippen LogP) is 4.72. The van der Waals surface area contributed by atoms with E-state index in [1.807, 2.05) is 0 Å². The predicted molar refractivity (Wildman–Crippen MR) is 145 cm³/mol. The molecule has 0 saturated carbocycles. The quantitative estimate of drug-likeness (QED) is 0.265. The summed E-state index contributed by atoms with van der Waals surface area (Å²) >= 11 is 0. The third-order valence-corrected chi connectivity index (χ3v) is 8.15. The summed E-state index contributed by atoms with van der Waals surface area (Å²) < 4.78 is 13.4. The van der Waals surface area contributed by atoms with Gasteiger partial charge in [-0.15, -0.1) is 0 Å². The minimum atomic E-state index is -0.213. The Morgan fingerprint density at radius 2 is 0.972 bits per heavy atom. The lowest BCUT2D eigenvalue weighted by molar-refractivity contribution is -0.917. The van der Waals surface area contributed by atoms with Crippen molar-refractivity contribution < 1.29 is 28.0 Å². The molecule has 2 aliphatic heterocycles. The first-order valence-corrected chi connectivity index (χ1v) is 14.4. The second-order valence-electron chi connectivity index (χ2n) is 12.4. The maximum Gasteiger partial charge on any atom is 0.409 e.